The van der Waals surface area contributed by atoms with Crippen molar-refractivity contribution >= 4 is 23.6 Å². The zero-order chi connectivity index (χ0) is 17.1. The number of allylic oxidation sites excluding steroid dienone is 1. The summed E-state index contributed by atoms with van der Waals surface area (Å²) in [6.45, 7) is 3.79. The van der Waals surface area contributed by atoms with Crippen molar-refractivity contribution in [1.82, 2.24) is 0 Å². The van der Waals surface area contributed by atoms with Gasteiger partial charge in [-0.15, -0.1) is 0 Å². The van der Waals surface area contributed by atoms with Crippen molar-refractivity contribution in [3.8, 4) is 5.75 Å². The molecule has 0 radical (unpaired) electrons. The molecular formula is C20H19NO3. The van der Waals surface area contributed by atoms with E-state index in [1.165, 1.54) is 4.90 Å². The molecule has 1 atom stereocenters. The van der Waals surface area contributed by atoms with Crippen molar-refractivity contribution < 1.29 is 14.3 Å². The molecule has 0 fully saturated rings. The fourth-order valence-electron chi connectivity index (χ4n) is 2.79. The average Bonchev–Trinajstić information content (AvgIpc) is 2.62. The van der Waals surface area contributed by atoms with Gasteiger partial charge in [0.15, 0.2) is 11.9 Å². The molecule has 2 aromatic rings. The van der Waals surface area contributed by atoms with Gasteiger partial charge in [-0.2, -0.15) is 0 Å². The van der Waals surface area contributed by atoms with Crippen LogP contribution in [0.25, 0.3) is 6.08 Å². The Labute approximate surface area is 141 Å². The minimum atomic E-state index is -0.656. The third-order valence-corrected chi connectivity index (χ3v) is 3.96. The van der Waals surface area contributed by atoms with E-state index in [4.69, 9.17) is 4.74 Å². The number of hydrogen-bond acceptors (Lipinski definition) is 3. The van der Waals surface area contributed by atoms with Crippen molar-refractivity contribution in [1.29, 1.82) is 0 Å². The Morgan fingerprint density at radius 2 is 1.92 bits per heavy atom. The van der Waals surface area contributed by atoms with Crippen molar-refractivity contribution in [2.45, 2.75) is 26.4 Å². The number of amides is 2. The number of para-hydroxylation sites is 1. The normalized spacial score (nSPS) is 16.8. The Kier molecular flexibility index (Phi) is 4.47. The first-order valence-corrected chi connectivity index (χ1v) is 8.03. The first-order chi connectivity index (χ1) is 11.7. The van der Waals surface area contributed by atoms with Gasteiger partial charge in [0.1, 0.15) is 0 Å². The largest absolute Gasteiger partial charge is 0.478 e. The number of imide groups is 1. The Morgan fingerprint density at radius 3 is 2.58 bits per heavy atom. The Morgan fingerprint density at radius 1 is 1.17 bits per heavy atom. The molecule has 0 saturated carbocycles. The Bertz CT molecular complexity index is 796. The average molecular weight is 321 g/mol. The number of rotatable bonds is 3. The summed E-state index contributed by atoms with van der Waals surface area (Å²) in [6.07, 6.45) is 3.66. The molecule has 0 spiro atoms. The summed E-state index contributed by atoms with van der Waals surface area (Å²) in [5.74, 6) is -0.0796. The second-order valence-electron chi connectivity index (χ2n) is 5.56. The van der Waals surface area contributed by atoms with E-state index in [9.17, 15) is 9.59 Å². The van der Waals surface area contributed by atoms with Crippen LogP contribution in [0, 0.1) is 0 Å². The standard InChI is InChI=1S/C20H19NO3/c1-3-9-14-12-8-13-16-18(14)24-17(4-2)20(23)21(16)19(22)15-10-6-5-7-11-15/h3,5-13,17H,4H2,1-2H3. The SMILES string of the molecule is CC=Cc1cccc2c1OC(CC)C(=O)N2C(=O)c1ccccc1. The van der Waals surface area contributed by atoms with Gasteiger partial charge in [0.25, 0.3) is 11.8 Å². The highest BCUT2D eigenvalue weighted by molar-refractivity contribution is 6.23. The summed E-state index contributed by atoms with van der Waals surface area (Å²) < 4.78 is 5.90. The second-order valence-corrected chi connectivity index (χ2v) is 5.56. The van der Waals surface area contributed by atoms with Crippen molar-refractivity contribution in [2.75, 3.05) is 4.90 Å². The van der Waals surface area contributed by atoms with Crippen LogP contribution in [0.15, 0.2) is 54.6 Å². The van der Waals surface area contributed by atoms with E-state index in [0.717, 1.165) is 5.56 Å². The third kappa shape index (κ3) is 2.71. The molecule has 4 nitrogen and oxygen atoms in total. The van der Waals surface area contributed by atoms with Crippen LogP contribution in [0.2, 0.25) is 0 Å². The molecule has 1 aliphatic rings. The van der Waals surface area contributed by atoms with E-state index in [0.29, 0.717) is 23.4 Å². The van der Waals surface area contributed by atoms with Crippen LogP contribution in [-0.4, -0.2) is 17.9 Å². The molecule has 3 rings (SSSR count). The third-order valence-electron chi connectivity index (χ3n) is 3.96. The smallest absolute Gasteiger partial charge is 0.275 e. The van der Waals surface area contributed by atoms with Crippen molar-refractivity contribution in [3.63, 3.8) is 0 Å². The van der Waals surface area contributed by atoms with E-state index in [-0.39, 0.29) is 11.8 Å². The van der Waals surface area contributed by atoms with Crippen molar-refractivity contribution in [2.24, 2.45) is 0 Å². The number of carbonyl (C=O) groups excluding carboxylic acids is 2. The van der Waals surface area contributed by atoms with Gasteiger partial charge in [-0.25, -0.2) is 4.90 Å². The number of ether oxygens (including phenoxy) is 1. The lowest BCUT2D eigenvalue weighted by molar-refractivity contribution is -0.125. The summed E-state index contributed by atoms with van der Waals surface area (Å²) in [7, 11) is 0. The molecule has 122 valence electrons. The molecule has 0 saturated heterocycles. The van der Waals surface area contributed by atoms with Gasteiger partial charge in [0, 0.05) is 11.1 Å². The minimum absolute atomic E-state index is 0.323. The van der Waals surface area contributed by atoms with E-state index in [1.54, 1.807) is 30.3 Å². The molecule has 0 aliphatic carbocycles. The van der Waals surface area contributed by atoms with Crippen LogP contribution in [-0.2, 0) is 4.79 Å². The predicted octanol–water partition coefficient (Wildman–Crippen LogP) is 4.06. The summed E-state index contributed by atoms with van der Waals surface area (Å²) >= 11 is 0. The second kappa shape index (κ2) is 6.71. The number of carbonyl (C=O) groups is 2. The van der Waals surface area contributed by atoms with Crippen LogP contribution in [0.3, 0.4) is 0 Å². The number of fused-ring (bicyclic) bond motifs is 1. The van der Waals surface area contributed by atoms with Crippen molar-refractivity contribution in [3.05, 3.63) is 65.7 Å². The lowest BCUT2D eigenvalue weighted by atomic mass is 10.1. The van der Waals surface area contributed by atoms with Gasteiger partial charge in [-0.1, -0.05) is 49.4 Å². The summed E-state index contributed by atoms with van der Waals surface area (Å²) in [5, 5.41) is 0. The lowest BCUT2D eigenvalue weighted by Crippen LogP contribution is -2.48. The van der Waals surface area contributed by atoms with Crippen LogP contribution in [0.1, 0.15) is 36.2 Å². The maximum Gasteiger partial charge on any atom is 0.275 e. The molecule has 24 heavy (non-hydrogen) atoms. The zero-order valence-corrected chi connectivity index (χ0v) is 13.7. The summed E-state index contributed by atoms with van der Waals surface area (Å²) in [5.41, 5.74) is 1.82. The molecular weight excluding hydrogens is 302 g/mol. The molecule has 0 bridgehead atoms. The molecule has 1 heterocycles. The number of hydrogen-bond donors (Lipinski definition) is 0. The first kappa shape index (κ1) is 16.0. The van der Waals surface area contributed by atoms with Gasteiger partial charge in [-0.3, -0.25) is 9.59 Å². The van der Waals surface area contributed by atoms with Crippen LogP contribution < -0.4 is 9.64 Å². The zero-order valence-electron chi connectivity index (χ0n) is 13.7. The van der Waals surface area contributed by atoms with Gasteiger partial charge in [-0.05, 0) is 31.5 Å². The number of nitrogens with zero attached hydrogens (tertiary/aromatic N) is 1. The molecule has 1 unspecified atom stereocenters. The van der Waals surface area contributed by atoms with E-state index < -0.39 is 6.10 Å². The highest BCUT2D eigenvalue weighted by atomic mass is 16.5. The van der Waals surface area contributed by atoms with E-state index >= 15 is 0 Å². The monoisotopic (exact) mass is 321 g/mol. The van der Waals surface area contributed by atoms with E-state index in [1.807, 2.05) is 44.2 Å². The van der Waals surface area contributed by atoms with E-state index in [2.05, 4.69) is 0 Å². The Hall–Kier alpha value is -2.88. The fourth-order valence-corrected chi connectivity index (χ4v) is 2.79. The van der Waals surface area contributed by atoms with Crippen LogP contribution in [0.4, 0.5) is 5.69 Å². The molecule has 0 aromatic heterocycles. The number of anilines is 1. The Balaban J connectivity index is 2.14. The molecule has 4 heteroatoms. The van der Waals surface area contributed by atoms with Crippen LogP contribution in [0.5, 0.6) is 5.75 Å². The van der Waals surface area contributed by atoms with Gasteiger partial charge in [0.05, 0.1) is 5.69 Å². The lowest BCUT2D eigenvalue weighted by Gasteiger charge is -2.33. The maximum absolute atomic E-state index is 12.9. The molecule has 2 amide bonds. The van der Waals surface area contributed by atoms with Crippen LogP contribution >= 0.6 is 0 Å². The molecule has 1 aliphatic heterocycles. The highest BCUT2D eigenvalue weighted by Crippen LogP contribution is 2.39. The predicted molar refractivity (Wildman–Crippen MR) is 94.1 cm³/mol. The highest BCUT2D eigenvalue weighted by Gasteiger charge is 2.38. The first-order valence-electron chi connectivity index (χ1n) is 8.03. The maximum atomic E-state index is 12.9. The quantitative estimate of drug-likeness (QED) is 0.801. The van der Waals surface area contributed by atoms with Gasteiger partial charge in [0.2, 0.25) is 0 Å². The fraction of sp³-hybridized carbons (Fsp3) is 0.200. The topological polar surface area (TPSA) is 46.6 Å². The summed E-state index contributed by atoms with van der Waals surface area (Å²) in [6, 6.07) is 14.3. The van der Waals surface area contributed by atoms with Gasteiger partial charge < -0.3 is 4.74 Å². The van der Waals surface area contributed by atoms with Gasteiger partial charge >= 0.3 is 0 Å². The number of benzene rings is 2. The molecule has 0 N–H and O–H groups in total. The summed E-state index contributed by atoms with van der Waals surface area (Å²) in [4.78, 5) is 26.9. The molecule has 2 aromatic carbocycles. The minimum Gasteiger partial charge on any atom is -0.478 e.